The lowest BCUT2D eigenvalue weighted by molar-refractivity contribution is -0.135. The van der Waals surface area contributed by atoms with E-state index >= 15 is 0 Å². The Balaban J connectivity index is 2.32. The van der Waals surface area contributed by atoms with Crippen molar-refractivity contribution in [1.82, 2.24) is 10.2 Å². The SMILES string of the molecule is CC(C)(C)OC(=O)NC12CCCCC(C1=O)N(C(=O)OC(C)(C)C)C2=O. The van der Waals surface area contributed by atoms with Gasteiger partial charge in [-0.15, -0.1) is 0 Å². The fourth-order valence-corrected chi connectivity index (χ4v) is 3.25. The second-order valence-electron chi connectivity index (χ2n) is 8.81. The van der Waals surface area contributed by atoms with Gasteiger partial charge in [0.15, 0.2) is 11.3 Å². The van der Waals surface area contributed by atoms with Crippen molar-refractivity contribution in [2.45, 2.75) is 90.0 Å². The molecule has 2 unspecified atom stereocenters. The number of fused-ring (bicyclic) bond motifs is 2. The van der Waals surface area contributed by atoms with Crippen LogP contribution in [0.1, 0.15) is 67.2 Å². The number of likely N-dealkylation sites (tertiary alicyclic amines) is 1. The van der Waals surface area contributed by atoms with Crippen LogP contribution in [0.3, 0.4) is 0 Å². The number of carbonyl (C=O) groups is 4. The lowest BCUT2D eigenvalue weighted by Gasteiger charge is -2.30. The van der Waals surface area contributed by atoms with E-state index in [-0.39, 0.29) is 6.42 Å². The van der Waals surface area contributed by atoms with Crippen LogP contribution in [-0.4, -0.2) is 51.6 Å². The molecule has 146 valence electrons. The van der Waals surface area contributed by atoms with Gasteiger partial charge in [0.25, 0.3) is 5.91 Å². The van der Waals surface area contributed by atoms with E-state index in [4.69, 9.17) is 9.47 Å². The predicted octanol–water partition coefficient (Wildman–Crippen LogP) is 2.54. The lowest BCUT2D eigenvalue weighted by Crippen LogP contribution is -2.59. The molecule has 0 aromatic rings. The molecule has 0 aromatic heterocycles. The van der Waals surface area contributed by atoms with Crippen molar-refractivity contribution < 1.29 is 28.7 Å². The van der Waals surface area contributed by atoms with Gasteiger partial charge in [-0.2, -0.15) is 0 Å². The molecule has 3 amide bonds. The first kappa shape index (κ1) is 20.2. The Morgan fingerprint density at radius 2 is 1.62 bits per heavy atom. The molecule has 1 saturated heterocycles. The second kappa shape index (κ2) is 6.55. The first-order valence-corrected chi connectivity index (χ1v) is 8.89. The van der Waals surface area contributed by atoms with E-state index in [1.807, 2.05) is 0 Å². The smallest absolute Gasteiger partial charge is 0.417 e. The quantitative estimate of drug-likeness (QED) is 0.714. The Labute approximate surface area is 153 Å². The molecule has 0 aromatic carbocycles. The second-order valence-corrected chi connectivity index (χ2v) is 8.81. The van der Waals surface area contributed by atoms with E-state index in [0.717, 1.165) is 4.90 Å². The Morgan fingerprint density at radius 3 is 2.15 bits per heavy atom. The number of hydrogen-bond donors (Lipinski definition) is 1. The molecule has 2 atom stereocenters. The highest BCUT2D eigenvalue weighted by atomic mass is 16.6. The van der Waals surface area contributed by atoms with Crippen molar-refractivity contribution in [1.29, 1.82) is 0 Å². The lowest BCUT2D eigenvalue weighted by atomic mass is 9.90. The van der Waals surface area contributed by atoms with Crippen LogP contribution in [0.15, 0.2) is 0 Å². The number of hydrogen-bond acceptors (Lipinski definition) is 6. The van der Waals surface area contributed by atoms with Crippen molar-refractivity contribution in [3.8, 4) is 0 Å². The average molecular weight is 368 g/mol. The number of ether oxygens (including phenoxy) is 2. The van der Waals surface area contributed by atoms with Crippen LogP contribution >= 0.6 is 0 Å². The van der Waals surface area contributed by atoms with Crippen LogP contribution in [0.2, 0.25) is 0 Å². The molecule has 0 radical (unpaired) electrons. The van der Waals surface area contributed by atoms with Crippen molar-refractivity contribution >= 4 is 23.9 Å². The molecule has 0 spiro atoms. The highest BCUT2D eigenvalue weighted by molar-refractivity contribution is 6.24. The number of carbonyl (C=O) groups excluding carboxylic acids is 4. The van der Waals surface area contributed by atoms with Gasteiger partial charge in [0.1, 0.15) is 17.2 Å². The third-order valence-corrected chi connectivity index (χ3v) is 4.20. The minimum Gasteiger partial charge on any atom is -0.444 e. The number of amides is 3. The van der Waals surface area contributed by atoms with Crippen molar-refractivity contribution in [2.75, 3.05) is 0 Å². The maximum atomic E-state index is 13.0. The van der Waals surface area contributed by atoms with Crippen molar-refractivity contribution in [3.63, 3.8) is 0 Å². The molecule has 1 aliphatic carbocycles. The topological polar surface area (TPSA) is 102 Å². The van der Waals surface area contributed by atoms with Crippen LogP contribution in [0.4, 0.5) is 9.59 Å². The summed E-state index contributed by atoms with van der Waals surface area (Å²) in [5, 5.41) is 2.46. The standard InChI is InChI=1S/C18H28N2O6/c1-16(2,3)25-14(23)19-18-10-8-7-9-11(12(18)21)20(13(18)22)15(24)26-17(4,5)6/h11H,7-10H2,1-6H3,(H,19,23). The molecule has 2 fully saturated rings. The molecule has 2 aliphatic rings. The van der Waals surface area contributed by atoms with Gasteiger partial charge in [-0.05, 0) is 54.4 Å². The summed E-state index contributed by atoms with van der Waals surface area (Å²) >= 11 is 0. The number of alkyl carbamates (subject to hydrolysis) is 1. The van der Waals surface area contributed by atoms with Crippen LogP contribution < -0.4 is 5.32 Å². The molecule has 8 nitrogen and oxygen atoms in total. The van der Waals surface area contributed by atoms with E-state index in [1.165, 1.54) is 0 Å². The minimum absolute atomic E-state index is 0.139. The molecule has 2 rings (SSSR count). The summed E-state index contributed by atoms with van der Waals surface area (Å²) in [5.74, 6) is -1.22. The number of nitrogens with one attached hydrogen (secondary N) is 1. The molecule has 26 heavy (non-hydrogen) atoms. The molecule has 1 aliphatic heterocycles. The Kier molecular flexibility index (Phi) is 5.09. The molecular weight excluding hydrogens is 340 g/mol. The molecule has 1 saturated carbocycles. The van der Waals surface area contributed by atoms with Gasteiger partial charge in [-0.3, -0.25) is 9.59 Å². The van der Waals surface area contributed by atoms with Gasteiger partial charge in [0.05, 0.1) is 0 Å². The summed E-state index contributed by atoms with van der Waals surface area (Å²) in [7, 11) is 0. The fraction of sp³-hybridized carbons (Fsp3) is 0.778. The molecular formula is C18H28N2O6. The van der Waals surface area contributed by atoms with E-state index in [0.29, 0.717) is 19.3 Å². The maximum absolute atomic E-state index is 13.0. The van der Waals surface area contributed by atoms with E-state index in [1.54, 1.807) is 41.5 Å². The number of imide groups is 1. The Hall–Kier alpha value is -2.12. The largest absolute Gasteiger partial charge is 0.444 e. The van der Waals surface area contributed by atoms with E-state index in [9.17, 15) is 19.2 Å². The maximum Gasteiger partial charge on any atom is 0.417 e. The predicted molar refractivity (Wildman–Crippen MR) is 92.4 cm³/mol. The zero-order valence-corrected chi connectivity index (χ0v) is 16.3. The average Bonchev–Trinajstić information content (AvgIpc) is 2.53. The van der Waals surface area contributed by atoms with Gasteiger partial charge in [-0.1, -0.05) is 12.8 Å². The normalized spacial score (nSPS) is 26.4. The third-order valence-electron chi connectivity index (χ3n) is 4.20. The number of nitrogens with zero attached hydrogens (tertiary/aromatic N) is 1. The van der Waals surface area contributed by atoms with Crippen LogP contribution in [-0.2, 0) is 19.1 Å². The first-order valence-electron chi connectivity index (χ1n) is 8.89. The number of Topliss-reactive ketones (excluding diaryl/α,β-unsaturated/α-hetero) is 1. The van der Waals surface area contributed by atoms with Crippen LogP contribution in [0, 0.1) is 0 Å². The van der Waals surface area contributed by atoms with Crippen molar-refractivity contribution in [3.05, 3.63) is 0 Å². The first-order chi connectivity index (χ1) is 11.8. The number of rotatable bonds is 1. The van der Waals surface area contributed by atoms with Gasteiger partial charge < -0.3 is 14.8 Å². The van der Waals surface area contributed by atoms with Crippen molar-refractivity contribution in [2.24, 2.45) is 0 Å². The third kappa shape index (κ3) is 3.99. The minimum atomic E-state index is -1.76. The Bertz CT molecular complexity index is 631. The summed E-state index contributed by atoms with van der Waals surface area (Å²) in [5.41, 5.74) is -3.35. The highest BCUT2D eigenvalue weighted by Gasteiger charge is 2.63. The summed E-state index contributed by atoms with van der Waals surface area (Å²) in [4.78, 5) is 51.6. The Morgan fingerprint density at radius 1 is 1.04 bits per heavy atom. The summed E-state index contributed by atoms with van der Waals surface area (Å²) in [6.45, 7) is 10.1. The summed E-state index contributed by atoms with van der Waals surface area (Å²) in [6, 6.07) is -0.921. The van der Waals surface area contributed by atoms with E-state index < -0.39 is 46.7 Å². The molecule has 1 N–H and O–H groups in total. The van der Waals surface area contributed by atoms with Gasteiger partial charge in [0.2, 0.25) is 0 Å². The van der Waals surface area contributed by atoms with Crippen LogP contribution in [0.25, 0.3) is 0 Å². The zero-order valence-electron chi connectivity index (χ0n) is 16.3. The number of ketones is 1. The van der Waals surface area contributed by atoms with Gasteiger partial charge in [-0.25, -0.2) is 14.5 Å². The van der Waals surface area contributed by atoms with Crippen LogP contribution in [0.5, 0.6) is 0 Å². The molecule has 2 bridgehead atoms. The molecule has 1 heterocycles. The fourth-order valence-electron chi connectivity index (χ4n) is 3.25. The monoisotopic (exact) mass is 368 g/mol. The van der Waals surface area contributed by atoms with Gasteiger partial charge >= 0.3 is 12.2 Å². The summed E-state index contributed by atoms with van der Waals surface area (Å²) < 4.78 is 10.5. The highest BCUT2D eigenvalue weighted by Crippen LogP contribution is 2.37. The van der Waals surface area contributed by atoms with Gasteiger partial charge in [0, 0.05) is 0 Å². The zero-order chi connectivity index (χ0) is 19.9. The molecule has 8 heteroatoms. The summed E-state index contributed by atoms with van der Waals surface area (Å²) in [6.07, 6.45) is 0.0370. The van der Waals surface area contributed by atoms with E-state index in [2.05, 4.69) is 5.32 Å².